The lowest BCUT2D eigenvalue weighted by Crippen LogP contribution is -2.35. The van der Waals surface area contributed by atoms with E-state index in [0.717, 1.165) is 51.1 Å². The molecule has 0 aromatic heterocycles. The summed E-state index contributed by atoms with van der Waals surface area (Å²) < 4.78 is 0. The summed E-state index contributed by atoms with van der Waals surface area (Å²) in [5.74, 6) is 0.168. The summed E-state index contributed by atoms with van der Waals surface area (Å²) in [6, 6.07) is 20.3. The van der Waals surface area contributed by atoms with E-state index in [9.17, 15) is 4.79 Å². The summed E-state index contributed by atoms with van der Waals surface area (Å²) in [6.45, 7) is 4.88. The third kappa shape index (κ3) is 4.68. The van der Waals surface area contributed by atoms with Crippen LogP contribution in [0.25, 0.3) is 0 Å². The van der Waals surface area contributed by atoms with E-state index in [-0.39, 0.29) is 5.91 Å². The van der Waals surface area contributed by atoms with Crippen molar-refractivity contribution in [1.29, 1.82) is 0 Å². The highest BCUT2D eigenvalue weighted by Crippen LogP contribution is 2.10. The highest BCUT2D eigenvalue weighted by atomic mass is 16.2. The van der Waals surface area contributed by atoms with E-state index in [2.05, 4.69) is 35.2 Å². The van der Waals surface area contributed by atoms with Gasteiger partial charge in [0.1, 0.15) is 0 Å². The van der Waals surface area contributed by atoms with Crippen LogP contribution in [-0.4, -0.2) is 48.4 Å². The second-order valence-electron chi connectivity index (χ2n) is 6.44. The standard InChI is InChI=1S/C21H26N2O/c24-21(20-12-5-2-6-13-20)23-16-8-15-22(17-18-23)14-7-11-19-9-3-1-4-10-19/h1-6,9-10,12-13H,7-8,11,14-18H2. The average Bonchev–Trinajstić information content (AvgIpc) is 2.88. The topological polar surface area (TPSA) is 23.6 Å². The fourth-order valence-corrected chi connectivity index (χ4v) is 3.31. The zero-order valence-corrected chi connectivity index (χ0v) is 14.2. The van der Waals surface area contributed by atoms with E-state index in [0.29, 0.717) is 0 Å². The van der Waals surface area contributed by atoms with Gasteiger partial charge < -0.3 is 9.80 Å². The number of carbonyl (C=O) groups excluding carboxylic acids is 1. The van der Waals surface area contributed by atoms with Crippen molar-refractivity contribution in [3.8, 4) is 0 Å². The molecule has 0 N–H and O–H groups in total. The van der Waals surface area contributed by atoms with Gasteiger partial charge in [0.25, 0.3) is 5.91 Å². The number of rotatable bonds is 5. The van der Waals surface area contributed by atoms with E-state index in [1.807, 2.05) is 35.2 Å². The van der Waals surface area contributed by atoms with Crippen molar-refractivity contribution in [1.82, 2.24) is 9.80 Å². The Morgan fingerprint density at radius 2 is 1.54 bits per heavy atom. The van der Waals surface area contributed by atoms with Crippen LogP contribution in [-0.2, 0) is 6.42 Å². The Morgan fingerprint density at radius 3 is 2.29 bits per heavy atom. The highest BCUT2D eigenvalue weighted by Gasteiger charge is 2.19. The number of amides is 1. The molecule has 1 aliphatic rings. The summed E-state index contributed by atoms with van der Waals surface area (Å²) in [4.78, 5) is 17.1. The lowest BCUT2D eigenvalue weighted by Gasteiger charge is -2.22. The number of hydrogen-bond acceptors (Lipinski definition) is 2. The molecular formula is C21H26N2O. The van der Waals surface area contributed by atoms with Crippen LogP contribution in [0.5, 0.6) is 0 Å². The molecule has 24 heavy (non-hydrogen) atoms. The summed E-state index contributed by atoms with van der Waals surface area (Å²) in [5.41, 5.74) is 2.21. The number of aryl methyl sites for hydroxylation is 1. The van der Waals surface area contributed by atoms with E-state index < -0.39 is 0 Å². The molecule has 1 saturated heterocycles. The molecule has 3 nitrogen and oxygen atoms in total. The van der Waals surface area contributed by atoms with Gasteiger partial charge in [0.15, 0.2) is 0 Å². The molecule has 0 radical (unpaired) electrons. The van der Waals surface area contributed by atoms with E-state index >= 15 is 0 Å². The van der Waals surface area contributed by atoms with Crippen LogP contribution >= 0.6 is 0 Å². The zero-order valence-electron chi connectivity index (χ0n) is 14.2. The molecule has 1 fully saturated rings. The molecule has 0 atom stereocenters. The average molecular weight is 322 g/mol. The second kappa shape index (κ2) is 8.65. The van der Waals surface area contributed by atoms with Gasteiger partial charge in [-0.15, -0.1) is 0 Å². The Hall–Kier alpha value is -2.13. The number of carbonyl (C=O) groups is 1. The van der Waals surface area contributed by atoms with Crippen molar-refractivity contribution in [3.05, 3.63) is 71.8 Å². The quantitative estimate of drug-likeness (QED) is 0.841. The summed E-state index contributed by atoms with van der Waals surface area (Å²) >= 11 is 0. The van der Waals surface area contributed by atoms with Crippen molar-refractivity contribution in [2.75, 3.05) is 32.7 Å². The summed E-state index contributed by atoms with van der Waals surface area (Å²) in [5, 5.41) is 0. The van der Waals surface area contributed by atoms with Crippen molar-refractivity contribution >= 4 is 5.91 Å². The van der Waals surface area contributed by atoms with Crippen LogP contribution in [0.15, 0.2) is 60.7 Å². The van der Waals surface area contributed by atoms with Crippen LogP contribution in [0.2, 0.25) is 0 Å². The first-order valence-corrected chi connectivity index (χ1v) is 8.93. The molecule has 3 rings (SSSR count). The van der Waals surface area contributed by atoms with Crippen LogP contribution < -0.4 is 0 Å². The first-order valence-electron chi connectivity index (χ1n) is 8.93. The van der Waals surface area contributed by atoms with Crippen molar-refractivity contribution < 1.29 is 4.79 Å². The smallest absolute Gasteiger partial charge is 0.253 e. The predicted octanol–water partition coefficient (Wildman–Crippen LogP) is 3.47. The van der Waals surface area contributed by atoms with Gasteiger partial charge in [0.2, 0.25) is 0 Å². The maximum Gasteiger partial charge on any atom is 0.253 e. The summed E-state index contributed by atoms with van der Waals surface area (Å²) in [6.07, 6.45) is 3.37. The monoisotopic (exact) mass is 322 g/mol. The minimum Gasteiger partial charge on any atom is -0.337 e. The first kappa shape index (κ1) is 16.7. The molecule has 3 heteroatoms. The van der Waals surface area contributed by atoms with Crippen LogP contribution in [0, 0.1) is 0 Å². The first-order chi connectivity index (χ1) is 11.8. The number of nitrogens with zero attached hydrogens (tertiary/aromatic N) is 2. The Kier molecular flexibility index (Phi) is 6.02. The highest BCUT2D eigenvalue weighted by molar-refractivity contribution is 5.94. The van der Waals surface area contributed by atoms with Crippen molar-refractivity contribution in [2.24, 2.45) is 0 Å². The molecule has 1 heterocycles. The van der Waals surface area contributed by atoms with Crippen LogP contribution in [0.4, 0.5) is 0 Å². The Morgan fingerprint density at radius 1 is 0.833 bits per heavy atom. The van der Waals surface area contributed by atoms with Gasteiger partial charge in [-0.2, -0.15) is 0 Å². The molecule has 2 aromatic carbocycles. The molecule has 0 unspecified atom stereocenters. The van der Waals surface area contributed by atoms with Gasteiger partial charge in [0.05, 0.1) is 0 Å². The van der Waals surface area contributed by atoms with Crippen molar-refractivity contribution in [3.63, 3.8) is 0 Å². The van der Waals surface area contributed by atoms with Gasteiger partial charge >= 0.3 is 0 Å². The van der Waals surface area contributed by atoms with Gasteiger partial charge in [-0.25, -0.2) is 0 Å². The lowest BCUT2D eigenvalue weighted by molar-refractivity contribution is 0.0761. The molecule has 0 bridgehead atoms. The fraction of sp³-hybridized carbons (Fsp3) is 0.381. The Labute approximate surface area is 144 Å². The van der Waals surface area contributed by atoms with Crippen LogP contribution in [0.1, 0.15) is 28.8 Å². The van der Waals surface area contributed by atoms with Gasteiger partial charge in [-0.05, 0) is 50.0 Å². The second-order valence-corrected chi connectivity index (χ2v) is 6.44. The van der Waals surface area contributed by atoms with E-state index in [1.54, 1.807) is 0 Å². The van der Waals surface area contributed by atoms with Gasteiger partial charge in [-0.3, -0.25) is 4.79 Å². The van der Waals surface area contributed by atoms with E-state index in [1.165, 1.54) is 12.0 Å². The Balaban J connectivity index is 1.46. The SMILES string of the molecule is O=C(c1ccccc1)N1CCCN(CCCc2ccccc2)CC1. The minimum absolute atomic E-state index is 0.168. The number of benzene rings is 2. The molecule has 0 spiro atoms. The largest absolute Gasteiger partial charge is 0.337 e. The molecule has 0 aliphatic carbocycles. The van der Waals surface area contributed by atoms with Gasteiger partial charge in [0, 0.05) is 25.2 Å². The van der Waals surface area contributed by atoms with Gasteiger partial charge in [-0.1, -0.05) is 48.5 Å². The number of hydrogen-bond donors (Lipinski definition) is 0. The normalized spacial score (nSPS) is 15.9. The predicted molar refractivity (Wildman–Crippen MR) is 98.2 cm³/mol. The zero-order chi connectivity index (χ0) is 16.6. The maximum absolute atomic E-state index is 12.6. The third-order valence-electron chi connectivity index (χ3n) is 4.68. The molecule has 2 aromatic rings. The molecule has 126 valence electrons. The fourth-order valence-electron chi connectivity index (χ4n) is 3.31. The molecule has 1 aliphatic heterocycles. The van der Waals surface area contributed by atoms with Crippen LogP contribution in [0.3, 0.4) is 0 Å². The maximum atomic E-state index is 12.6. The molecule has 1 amide bonds. The molecular weight excluding hydrogens is 296 g/mol. The lowest BCUT2D eigenvalue weighted by atomic mass is 10.1. The van der Waals surface area contributed by atoms with E-state index in [4.69, 9.17) is 0 Å². The van der Waals surface area contributed by atoms with Crippen molar-refractivity contribution in [2.45, 2.75) is 19.3 Å². The summed E-state index contributed by atoms with van der Waals surface area (Å²) in [7, 11) is 0. The molecule has 0 saturated carbocycles. The minimum atomic E-state index is 0.168. The third-order valence-corrected chi connectivity index (χ3v) is 4.68. The Bertz CT molecular complexity index is 627.